The minimum atomic E-state index is 0.160. The van der Waals surface area contributed by atoms with Crippen molar-refractivity contribution in [2.24, 2.45) is 7.05 Å². The number of hydrogen-bond donors (Lipinski definition) is 0. The molecule has 3 aromatic heterocycles. The monoisotopic (exact) mass is 349 g/mol. The third-order valence-corrected chi connectivity index (χ3v) is 5.22. The number of aromatic nitrogens is 4. The zero-order valence-electron chi connectivity index (χ0n) is 15.2. The van der Waals surface area contributed by atoms with Crippen LogP contribution in [0.15, 0.2) is 36.5 Å². The largest absolute Gasteiger partial charge is 0.342 e. The first-order chi connectivity index (χ1) is 12.6. The summed E-state index contributed by atoms with van der Waals surface area (Å²) in [7, 11) is 1.94. The van der Waals surface area contributed by atoms with Gasteiger partial charge in [0.05, 0.1) is 12.1 Å². The molecule has 3 aromatic rings. The standard InChI is InChI=1S/C20H23N5O/c1-14-17-6-7-18(22-20(17)24(2)23-14)15-8-11-25(12-9-15)19(26)13-16-5-3-4-10-21-16/h3-7,10,15H,8-9,11-13H2,1-2H3. The Morgan fingerprint density at radius 1 is 1.19 bits per heavy atom. The Balaban J connectivity index is 1.42. The van der Waals surface area contributed by atoms with Crippen molar-refractivity contribution in [3.05, 3.63) is 53.6 Å². The fourth-order valence-electron chi connectivity index (χ4n) is 3.74. The average Bonchev–Trinajstić information content (AvgIpc) is 2.96. The number of hydrogen-bond acceptors (Lipinski definition) is 4. The number of rotatable bonds is 3. The van der Waals surface area contributed by atoms with Gasteiger partial charge in [-0.1, -0.05) is 6.07 Å². The molecule has 0 aliphatic carbocycles. The van der Waals surface area contributed by atoms with Gasteiger partial charge in [0.25, 0.3) is 0 Å². The molecule has 6 nitrogen and oxygen atoms in total. The average molecular weight is 349 g/mol. The number of piperidine rings is 1. The van der Waals surface area contributed by atoms with E-state index in [0.717, 1.165) is 54.0 Å². The van der Waals surface area contributed by atoms with Gasteiger partial charge in [-0.2, -0.15) is 5.10 Å². The van der Waals surface area contributed by atoms with Crippen molar-refractivity contribution in [2.75, 3.05) is 13.1 Å². The molecule has 0 radical (unpaired) electrons. The van der Waals surface area contributed by atoms with E-state index >= 15 is 0 Å². The number of nitrogens with zero attached hydrogens (tertiary/aromatic N) is 5. The second-order valence-corrected chi connectivity index (χ2v) is 6.97. The Bertz CT molecular complexity index is 926. The quantitative estimate of drug-likeness (QED) is 0.729. The molecule has 1 amide bonds. The van der Waals surface area contributed by atoms with E-state index in [0.29, 0.717) is 12.3 Å². The van der Waals surface area contributed by atoms with Crippen LogP contribution in [-0.2, 0) is 18.3 Å². The van der Waals surface area contributed by atoms with Crippen LogP contribution in [0, 0.1) is 6.92 Å². The fraction of sp³-hybridized carbons (Fsp3) is 0.400. The highest BCUT2D eigenvalue weighted by Crippen LogP contribution is 2.28. The summed E-state index contributed by atoms with van der Waals surface area (Å²) >= 11 is 0. The molecule has 0 spiro atoms. The molecule has 0 atom stereocenters. The van der Waals surface area contributed by atoms with Crippen LogP contribution < -0.4 is 0 Å². The number of pyridine rings is 2. The lowest BCUT2D eigenvalue weighted by Gasteiger charge is -2.31. The van der Waals surface area contributed by atoms with E-state index in [9.17, 15) is 4.79 Å². The van der Waals surface area contributed by atoms with Crippen LogP contribution in [-0.4, -0.2) is 43.6 Å². The van der Waals surface area contributed by atoms with Crippen molar-refractivity contribution in [3.8, 4) is 0 Å². The summed E-state index contributed by atoms with van der Waals surface area (Å²) < 4.78 is 1.85. The van der Waals surface area contributed by atoms with E-state index < -0.39 is 0 Å². The first kappa shape index (κ1) is 16.7. The molecule has 4 heterocycles. The Kier molecular flexibility index (Phi) is 4.41. The molecule has 26 heavy (non-hydrogen) atoms. The molecular formula is C20H23N5O. The summed E-state index contributed by atoms with van der Waals surface area (Å²) in [5, 5.41) is 5.56. The minimum absolute atomic E-state index is 0.160. The SMILES string of the molecule is Cc1nn(C)c2nc(C3CCN(C(=O)Cc4ccccn4)CC3)ccc12. The summed E-state index contributed by atoms with van der Waals surface area (Å²) in [6.07, 6.45) is 4.01. The molecule has 6 heteroatoms. The van der Waals surface area contributed by atoms with Crippen LogP contribution in [0.1, 0.15) is 35.8 Å². The Morgan fingerprint density at radius 2 is 2.00 bits per heavy atom. The highest BCUT2D eigenvalue weighted by atomic mass is 16.2. The summed E-state index contributed by atoms with van der Waals surface area (Å²) in [6.45, 7) is 3.57. The smallest absolute Gasteiger partial charge is 0.228 e. The van der Waals surface area contributed by atoms with Crippen molar-refractivity contribution in [1.29, 1.82) is 0 Å². The Hall–Kier alpha value is -2.76. The molecule has 0 aromatic carbocycles. The molecule has 1 saturated heterocycles. The second-order valence-electron chi connectivity index (χ2n) is 6.97. The van der Waals surface area contributed by atoms with Crippen molar-refractivity contribution in [3.63, 3.8) is 0 Å². The van der Waals surface area contributed by atoms with Gasteiger partial charge in [0.2, 0.25) is 5.91 Å². The fourth-order valence-corrected chi connectivity index (χ4v) is 3.74. The third kappa shape index (κ3) is 3.19. The molecular weight excluding hydrogens is 326 g/mol. The van der Waals surface area contributed by atoms with Crippen molar-refractivity contribution in [1.82, 2.24) is 24.6 Å². The third-order valence-electron chi connectivity index (χ3n) is 5.22. The van der Waals surface area contributed by atoms with Crippen molar-refractivity contribution >= 4 is 16.9 Å². The van der Waals surface area contributed by atoms with E-state index in [1.165, 1.54) is 0 Å². The number of likely N-dealkylation sites (tertiary alicyclic amines) is 1. The molecule has 0 bridgehead atoms. The van der Waals surface area contributed by atoms with Gasteiger partial charge in [-0.05, 0) is 44.0 Å². The van der Waals surface area contributed by atoms with Gasteiger partial charge in [-0.25, -0.2) is 4.98 Å². The molecule has 1 aliphatic heterocycles. The first-order valence-electron chi connectivity index (χ1n) is 9.10. The lowest BCUT2D eigenvalue weighted by atomic mass is 9.92. The molecule has 0 N–H and O–H groups in total. The zero-order chi connectivity index (χ0) is 18.1. The summed E-state index contributed by atoms with van der Waals surface area (Å²) in [6, 6.07) is 9.93. The Morgan fingerprint density at radius 3 is 2.73 bits per heavy atom. The number of amides is 1. The van der Waals surface area contributed by atoms with Crippen LogP contribution in [0.25, 0.3) is 11.0 Å². The summed E-state index contributed by atoms with van der Waals surface area (Å²) in [5.41, 5.74) is 3.89. The van der Waals surface area contributed by atoms with Gasteiger partial charge in [0.15, 0.2) is 5.65 Å². The second kappa shape index (κ2) is 6.86. The van der Waals surface area contributed by atoms with Gasteiger partial charge >= 0.3 is 0 Å². The molecule has 1 fully saturated rings. The van der Waals surface area contributed by atoms with Gasteiger partial charge in [0, 0.05) is 49.0 Å². The highest BCUT2D eigenvalue weighted by Gasteiger charge is 2.25. The molecule has 0 saturated carbocycles. The molecule has 0 unspecified atom stereocenters. The summed E-state index contributed by atoms with van der Waals surface area (Å²) in [4.78, 5) is 23.5. The van der Waals surface area contributed by atoms with Crippen LogP contribution in [0.4, 0.5) is 0 Å². The zero-order valence-corrected chi connectivity index (χ0v) is 15.2. The summed E-state index contributed by atoms with van der Waals surface area (Å²) in [5.74, 6) is 0.557. The van der Waals surface area contributed by atoms with Crippen molar-refractivity contribution in [2.45, 2.75) is 32.1 Å². The molecule has 134 valence electrons. The lowest BCUT2D eigenvalue weighted by Crippen LogP contribution is -2.39. The predicted molar refractivity (Wildman–Crippen MR) is 99.7 cm³/mol. The number of carbonyl (C=O) groups excluding carboxylic acids is 1. The van der Waals surface area contributed by atoms with Crippen LogP contribution in [0.3, 0.4) is 0 Å². The molecule has 4 rings (SSSR count). The number of aryl methyl sites for hydroxylation is 2. The predicted octanol–water partition coefficient (Wildman–Crippen LogP) is 2.62. The normalized spacial score (nSPS) is 15.5. The number of fused-ring (bicyclic) bond motifs is 1. The van der Waals surface area contributed by atoms with Crippen molar-refractivity contribution < 1.29 is 4.79 Å². The lowest BCUT2D eigenvalue weighted by molar-refractivity contribution is -0.131. The first-order valence-corrected chi connectivity index (χ1v) is 9.10. The van der Waals surface area contributed by atoms with Crippen LogP contribution >= 0.6 is 0 Å². The maximum atomic E-state index is 12.5. The minimum Gasteiger partial charge on any atom is -0.342 e. The van der Waals surface area contributed by atoms with Crippen LogP contribution in [0.2, 0.25) is 0 Å². The van der Waals surface area contributed by atoms with Crippen LogP contribution in [0.5, 0.6) is 0 Å². The van der Waals surface area contributed by atoms with Gasteiger partial charge < -0.3 is 4.90 Å². The topological polar surface area (TPSA) is 63.9 Å². The maximum Gasteiger partial charge on any atom is 0.228 e. The van der Waals surface area contributed by atoms with Gasteiger partial charge in [-0.15, -0.1) is 0 Å². The van der Waals surface area contributed by atoms with E-state index in [2.05, 4.69) is 22.2 Å². The van der Waals surface area contributed by atoms with Gasteiger partial charge in [0.1, 0.15) is 0 Å². The van der Waals surface area contributed by atoms with Gasteiger partial charge in [-0.3, -0.25) is 14.5 Å². The maximum absolute atomic E-state index is 12.5. The van der Waals surface area contributed by atoms with E-state index in [-0.39, 0.29) is 5.91 Å². The van der Waals surface area contributed by atoms with E-state index in [4.69, 9.17) is 4.98 Å². The number of carbonyl (C=O) groups is 1. The van der Waals surface area contributed by atoms with E-state index in [1.54, 1.807) is 6.20 Å². The molecule has 1 aliphatic rings. The highest BCUT2D eigenvalue weighted by molar-refractivity contribution is 5.79. The Labute approximate surface area is 152 Å². The van der Waals surface area contributed by atoms with E-state index in [1.807, 2.05) is 41.8 Å².